The van der Waals surface area contributed by atoms with E-state index in [-0.39, 0.29) is 25.1 Å². The van der Waals surface area contributed by atoms with Crippen LogP contribution in [0.4, 0.5) is 0 Å². The van der Waals surface area contributed by atoms with Crippen molar-refractivity contribution in [2.24, 2.45) is 11.8 Å². The number of para-hydroxylation sites is 1. The Kier molecular flexibility index (Phi) is 6.52. The molecule has 2 aliphatic heterocycles. The van der Waals surface area contributed by atoms with E-state index in [1.807, 2.05) is 54.6 Å². The van der Waals surface area contributed by atoms with Crippen LogP contribution in [-0.4, -0.2) is 61.6 Å². The Morgan fingerprint density at radius 1 is 0.930 bits per heavy atom. The molecule has 4 atom stereocenters. The third-order valence-corrected chi connectivity index (χ3v) is 8.27. The van der Waals surface area contributed by atoms with Crippen molar-refractivity contribution in [2.45, 2.75) is 12.0 Å². The number of esters is 1. The van der Waals surface area contributed by atoms with Crippen LogP contribution in [0.2, 0.25) is 0 Å². The van der Waals surface area contributed by atoms with Gasteiger partial charge in [0.15, 0.2) is 28.7 Å². The number of methoxy groups -OCH3 is 3. The summed E-state index contributed by atoms with van der Waals surface area (Å²) in [4.78, 5) is 27.0. The normalized spacial score (nSPS) is 21.4. The highest BCUT2D eigenvalue weighted by Crippen LogP contribution is 2.55. The van der Waals surface area contributed by atoms with Gasteiger partial charge in [0.2, 0.25) is 12.5 Å². The summed E-state index contributed by atoms with van der Waals surface area (Å²) in [6.45, 7) is 0.196. The van der Waals surface area contributed by atoms with Crippen molar-refractivity contribution in [1.29, 1.82) is 0 Å². The number of fused-ring (bicyclic) bond motifs is 3. The first kappa shape index (κ1) is 26.6. The van der Waals surface area contributed by atoms with Crippen LogP contribution in [0.1, 0.15) is 39.1 Å². The number of hydrogen-bond donors (Lipinski definition) is 1. The molecule has 12 nitrogen and oxygen atoms in total. The number of nitrogens with one attached hydrogen (secondary N) is 1. The van der Waals surface area contributed by atoms with Gasteiger partial charge in [-0.25, -0.2) is 4.68 Å². The average molecular weight is 585 g/mol. The number of carbonyl (C=O) groups excluding carboxylic acids is 2. The number of ether oxygens (including phenoxy) is 6. The molecule has 0 radical (unpaired) electrons. The molecule has 0 spiro atoms. The van der Waals surface area contributed by atoms with E-state index in [0.29, 0.717) is 28.7 Å². The van der Waals surface area contributed by atoms with Crippen LogP contribution in [-0.2, 0) is 9.53 Å². The minimum Gasteiger partial charge on any atom is -0.493 e. The fourth-order valence-electron chi connectivity index (χ4n) is 6.32. The maximum Gasteiger partial charge on any atom is 0.310 e. The molecule has 1 amide bonds. The zero-order chi connectivity index (χ0) is 29.7. The van der Waals surface area contributed by atoms with E-state index in [9.17, 15) is 9.59 Å². The van der Waals surface area contributed by atoms with Gasteiger partial charge in [0.25, 0.3) is 5.91 Å². The third kappa shape index (κ3) is 4.37. The predicted octanol–water partition coefficient (Wildman–Crippen LogP) is 3.43. The van der Waals surface area contributed by atoms with Gasteiger partial charge in [-0.3, -0.25) is 9.59 Å². The van der Waals surface area contributed by atoms with E-state index >= 15 is 0 Å². The summed E-state index contributed by atoms with van der Waals surface area (Å²) in [6, 6.07) is 16.2. The van der Waals surface area contributed by atoms with Crippen molar-refractivity contribution >= 4 is 11.9 Å². The van der Waals surface area contributed by atoms with Crippen molar-refractivity contribution in [3.63, 3.8) is 0 Å². The molecule has 7 rings (SSSR count). The number of carbonyl (C=O) groups is 2. The van der Waals surface area contributed by atoms with Gasteiger partial charge in [-0.05, 0) is 53.1 Å². The first-order valence-corrected chi connectivity index (χ1v) is 13.7. The molecule has 3 aromatic carbocycles. The molecule has 0 unspecified atom stereocenters. The molecular weight excluding hydrogens is 556 g/mol. The van der Waals surface area contributed by atoms with Gasteiger partial charge in [0.1, 0.15) is 0 Å². The third-order valence-electron chi connectivity index (χ3n) is 8.27. The number of hydrogen-bond acceptors (Lipinski definition) is 10. The number of amides is 1. The molecule has 220 valence electrons. The lowest BCUT2D eigenvalue weighted by Gasteiger charge is -2.39. The Morgan fingerprint density at radius 3 is 2.30 bits per heavy atom. The molecule has 0 saturated carbocycles. The molecule has 1 fully saturated rings. The summed E-state index contributed by atoms with van der Waals surface area (Å²) in [5.74, 6) is 0.190. The second-order valence-corrected chi connectivity index (χ2v) is 10.4. The molecule has 1 aromatic heterocycles. The fraction of sp³-hybridized carbons (Fsp3) is 0.290. The second-order valence-electron chi connectivity index (χ2n) is 10.4. The average Bonchev–Trinajstić information content (AvgIpc) is 3.80. The van der Waals surface area contributed by atoms with Crippen LogP contribution in [0.25, 0.3) is 5.69 Å². The molecule has 1 aliphatic carbocycles. The van der Waals surface area contributed by atoms with Gasteiger partial charge in [-0.2, -0.15) is 0 Å². The van der Waals surface area contributed by atoms with Gasteiger partial charge >= 0.3 is 5.97 Å². The molecule has 4 aromatic rings. The SMILES string of the molecule is COc1cc([C@@H]2c3cc4c(cc3[C@@H](NC(=O)c3cn(-c5ccccc5)nn3)[C@H]3COC(=O)[C@H]23)OCO4)cc(OC)c1OC. The smallest absolute Gasteiger partial charge is 0.310 e. The molecule has 3 aliphatic rings. The minimum absolute atomic E-state index is 0.0710. The lowest BCUT2D eigenvalue weighted by molar-refractivity contribution is -0.141. The molecule has 1 N–H and O–H groups in total. The molecule has 12 heteroatoms. The zero-order valence-electron chi connectivity index (χ0n) is 23.6. The first-order chi connectivity index (χ1) is 21.0. The highest BCUT2D eigenvalue weighted by molar-refractivity contribution is 5.92. The molecule has 1 saturated heterocycles. The van der Waals surface area contributed by atoms with Gasteiger partial charge in [0, 0.05) is 11.8 Å². The maximum atomic E-state index is 13.6. The Hall–Kier alpha value is -5.26. The number of benzene rings is 3. The second kappa shape index (κ2) is 10.5. The van der Waals surface area contributed by atoms with Crippen LogP contribution in [0.15, 0.2) is 60.8 Å². The summed E-state index contributed by atoms with van der Waals surface area (Å²) in [6.07, 6.45) is 1.57. The van der Waals surface area contributed by atoms with Crippen molar-refractivity contribution in [2.75, 3.05) is 34.7 Å². The molecule has 43 heavy (non-hydrogen) atoms. The van der Waals surface area contributed by atoms with E-state index in [1.54, 1.807) is 20.4 Å². The topological polar surface area (TPSA) is 132 Å². The van der Waals surface area contributed by atoms with E-state index in [0.717, 1.165) is 22.4 Å². The summed E-state index contributed by atoms with van der Waals surface area (Å²) < 4.78 is 35.4. The van der Waals surface area contributed by atoms with Crippen LogP contribution >= 0.6 is 0 Å². The van der Waals surface area contributed by atoms with Gasteiger partial charge in [-0.1, -0.05) is 23.4 Å². The lowest BCUT2D eigenvalue weighted by Crippen LogP contribution is -2.43. The van der Waals surface area contributed by atoms with Crippen molar-refractivity contribution in [3.05, 3.63) is 83.2 Å². The van der Waals surface area contributed by atoms with Crippen LogP contribution in [0.3, 0.4) is 0 Å². The van der Waals surface area contributed by atoms with Crippen molar-refractivity contribution in [1.82, 2.24) is 20.3 Å². The summed E-state index contributed by atoms with van der Waals surface area (Å²) in [5, 5.41) is 11.4. The van der Waals surface area contributed by atoms with E-state index in [4.69, 9.17) is 28.4 Å². The number of aromatic nitrogens is 3. The molecule has 3 heterocycles. The predicted molar refractivity (Wildman–Crippen MR) is 150 cm³/mol. The molecular formula is C31H28N4O8. The minimum atomic E-state index is -0.624. The van der Waals surface area contributed by atoms with Crippen LogP contribution < -0.4 is 29.0 Å². The van der Waals surface area contributed by atoms with Crippen molar-refractivity contribution in [3.8, 4) is 34.4 Å². The summed E-state index contributed by atoms with van der Waals surface area (Å²) in [5.41, 5.74) is 3.25. The van der Waals surface area contributed by atoms with E-state index in [2.05, 4.69) is 15.6 Å². The maximum absolute atomic E-state index is 13.6. The number of cyclic esters (lactones) is 1. The van der Waals surface area contributed by atoms with E-state index < -0.39 is 29.7 Å². The summed E-state index contributed by atoms with van der Waals surface area (Å²) in [7, 11) is 4.62. The zero-order valence-corrected chi connectivity index (χ0v) is 23.6. The van der Waals surface area contributed by atoms with Gasteiger partial charge < -0.3 is 33.7 Å². The monoisotopic (exact) mass is 584 g/mol. The van der Waals surface area contributed by atoms with Crippen molar-refractivity contribution < 1.29 is 38.0 Å². The Morgan fingerprint density at radius 2 is 1.63 bits per heavy atom. The lowest BCUT2D eigenvalue weighted by atomic mass is 9.65. The Bertz CT molecular complexity index is 1700. The number of rotatable bonds is 7. The Balaban J connectivity index is 1.33. The summed E-state index contributed by atoms with van der Waals surface area (Å²) >= 11 is 0. The first-order valence-electron chi connectivity index (χ1n) is 13.7. The Labute approximate surface area is 246 Å². The fourth-order valence-corrected chi connectivity index (χ4v) is 6.32. The van der Waals surface area contributed by atoms with E-state index in [1.165, 1.54) is 11.8 Å². The highest BCUT2D eigenvalue weighted by atomic mass is 16.7. The largest absolute Gasteiger partial charge is 0.493 e. The molecule has 0 bridgehead atoms. The quantitative estimate of drug-likeness (QED) is 0.322. The van der Waals surface area contributed by atoms with Gasteiger partial charge in [-0.15, -0.1) is 5.10 Å². The van der Waals surface area contributed by atoms with Crippen LogP contribution in [0, 0.1) is 11.8 Å². The standard InChI is InChI=1S/C31H28N4O8/c1-38-24-9-16(10-25(39-2)29(24)40-3)26-18-11-22-23(43-15-42-22)12-19(18)28(20-14-41-31(37)27(20)26)32-30(36)21-13-35(34-33-21)17-7-5-4-6-8-17/h4-13,20,26-28H,14-15H2,1-3H3,(H,32,36)/t20-,26+,27-,28+/m0/s1. The van der Waals surface area contributed by atoms with Gasteiger partial charge in [0.05, 0.1) is 51.8 Å². The van der Waals surface area contributed by atoms with Crippen LogP contribution in [0.5, 0.6) is 28.7 Å². The number of nitrogens with zero attached hydrogens (tertiary/aromatic N) is 3. The highest BCUT2D eigenvalue weighted by Gasteiger charge is 2.53.